The van der Waals surface area contributed by atoms with Crippen molar-refractivity contribution in [1.29, 1.82) is 0 Å². The highest BCUT2D eigenvalue weighted by atomic mass is 127. The normalized spacial score (nSPS) is 10.0. The fourth-order valence-corrected chi connectivity index (χ4v) is 2.27. The van der Waals surface area contributed by atoms with Crippen molar-refractivity contribution in [3.05, 3.63) is 61.7 Å². The number of nitro benzene ring substituents is 1. The summed E-state index contributed by atoms with van der Waals surface area (Å²) in [5.41, 5.74) is 3.19. The molecule has 0 saturated carbocycles. The van der Waals surface area contributed by atoms with E-state index in [1.165, 1.54) is 18.2 Å². The molecule has 0 spiro atoms. The highest BCUT2D eigenvalue weighted by Gasteiger charge is 2.16. The third kappa shape index (κ3) is 3.67. The fraction of sp³-hybridized carbons (Fsp3) is 0. The van der Waals surface area contributed by atoms with Crippen LogP contribution in [0.4, 0.5) is 17.1 Å². The Kier molecular flexibility index (Phi) is 4.70. The van der Waals surface area contributed by atoms with Gasteiger partial charge in [0.25, 0.3) is 11.6 Å². The highest BCUT2D eigenvalue weighted by Crippen LogP contribution is 2.23. The van der Waals surface area contributed by atoms with Crippen molar-refractivity contribution in [2.45, 2.75) is 0 Å². The van der Waals surface area contributed by atoms with E-state index >= 15 is 0 Å². The van der Waals surface area contributed by atoms with E-state index in [-0.39, 0.29) is 11.3 Å². The molecule has 108 valence electrons. The maximum atomic E-state index is 12.2. The first-order chi connectivity index (χ1) is 10.0. The van der Waals surface area contributed by atoms with E-state index in [0.29, 0.717) is 11.4 Å². The van der Waals surface area contributed by atoms with E-state index in [2.05, 4.69) is 33.3 Å². The van der Waals surface area contributed by atoms with Crippen molar-refractivity contribution in [3.8, 4) is 0 Å². The number of hydrogen-bond donors (Lipinski definition) is 3. The molecular formula is C13H11IN4O3. The van der Waals surface area contributed by atoms with Crippen molar-refractivity contribution in [3.63, 3.8) is 0 Å². The molecule has 21 heavy (non-hydrogen) atoms. The molecule has 0 bridgehead atoms. The maximum Gasteiger partial charge on any atom is 0.270 e. The number of non-ortho nitro benzene ring substituents is 1. The molecule has 0 aromatic heterocycles. The van der Waals surface area contributed by atoms with Crippen molar-refractivity contribution in [2.24, 2.45) is 5.84 Å². The third-order valence-corrected chi connectivity index (χ3v) is 3.37. The number of rotatable bonds is 4. The molecule has 1 amide bonds. The van der Waals surface area contributed by atoms with E-state index in [1.54, 1.807) is 18.2 Å². The van der Waals surface area contributed by atoms with Gasteiger partial charge in [-0.05, 0) is 46.9 Å². The predicted octanol–water partition coefficient (Wildman–Crippen LogP) is 2.74. The summed E-state index contributed by atoms with van der Waals surface area (Å²) in [5.74, 6) is 4.85. The number of nitrogens with two attached hydrogens (primary N) is 1. The highest BCUT2D eigenvalue weighted by molar-refractivity contribution is 14.1. The van der Waals surface area contributed by atoms with E-state index in [4.69, 9.17) is 5.84 Å². The number of nitrogen functional groups attached to an aromatic ring is 1. The topological polar surface area (TPSA) is 110 Å². The molecule has 0 heterocycles. The van der Waals surface area contributed by atoms with E-state index < -0.39 is 10.8 Å². The molecule has 0 aliphatic rings. The zero-order valence-corrected chi connectivity index (χ0v) is 12.8. The Morgan fingerprint density at radius 1 is 1.24 bits per heavy atom. The van der Waals surface area contributed by atoms with Gasteiger partial charge in [-0.25, -0.2) is 0 Å². The van der Waals surface area contributed by atoms with Gasteiger partial charge in [0.1, 0.15) is 0 Å². The summed E-state index contributed by atoms with van der Waals surface area (Å²) in [7, 11) is 0. The molecule has 0 radical (unpaired) electrons. The number of nitrogens with zero attached hydrogens (tertiary/aromatic N) is 1. The maximum absolute atomic E-state index is 12.2. The summed E-state index contributed by atoms with van der Waals surface area (Å²) in [5, 5.41) is 13.5. The third-order valence-electron chi connectivity index (χ3n) is 2.70. The minimum absolute atomic E-state index is 0.102. The Morgan fingerprint density at radius 3 is 2.62 bits per heavy atom. The number of hydrogen-bond acceptors (Lipinski definition) is 5. The van der Waals surface area contributed by atoms with Crippen LogP contribution in [-0.2, 0) is 0 Å². The predicted molar refractivity (Wildman–Crippen MR) is 88.0 cm³/mol. The Bertz CT molecular complexity index is 706. The first-order valence-electron chi connectivity index (χ1n) is 5.83. The summed E-state index contributed by atoms with van der Waals surface area (Å²) in [6.07, 6.45) is 0. The Morgan fingerprint density at radius 2 is 2.00 bits per heavy atom. The number of benzene rings is 2. The van der Waals surface area contributed by atoms with Crippen molar-refractivity contribution < 1.29 is 9.72 Å². The van der Waals surface area contributed by atoms with Gasteiger partial charge >= 0.3 is 0 Å². The lowest BCUT2D eigenvalue weighted by molar-refractivity contribution is -0.384. The molecule has 0 atom stereocenters. The first kappa shape index (κ1) is 15.2. The zero-order chi connectivity index (χ0) is 15.4. The summed E-state index contributed by atoms with van der Waals surface area (Å²) < 4.78 is 0.960. The van der Waals surface area contributed by atoms with Crippen molar-refractivity contribution in [2.75, 3.05) is 10.7 Å². The van der Waals surface area contributed by atoms with Gasteiger partial charge in [0.2, 0.25) is 0 Å². The number of halogens is 1. The summed E-state index contributed by atoms with van der Waals surface area (Å²) in [6, 6.07) is 11.0. The lowest BCUT2D eigenvalue weighted by Crippen LogP contribution is -2.17. The number of carbonyl (C=O) groups is 1. The number of carbonyl (C=O) groups excluding carboxylic acids is 1. The quantitative estimate of drug-likeness (QED) is 0.318. The van der Waals surface area contributed by atoms with Gasteiger partial charge in [-0.1, -0.05) is 6.07 Å². The van der Waals surface area contributed by atoms with Gasteiger partial charge in [-0.3, -0.25) is 20.8 Å². The zero-order valence-electron chi connectivity index (χ0n) is 10.7. The van der Waals surface area contributed by atoms with Crippen LogP contribution in [0.2, 0.25) is 0 Å². The van der Waals surface area contributed by atoms with Crippen LogP contribution in [0.25, 0.3) is 0 Å². The van der Waals surface area contributed by atoms with Crippen LogP contribution in [0.1, 0.15) is 10.4 Å². The number of nitro groups is 1. The average Bonchev–Trinajstić information content (AvgIpc) is 2.46. The van der Waals surface area contributed by atoms with Gasteiger partial charge in [0.15, 0.2) is 0 Å². The van der Waals surface area contributed by atoms with Crippen LogP contribution < -0.4 is 16.6 Å². The van der Waals surface area contributed by atoms with Gasteiger partial charge in [-0.2, -0.15) is 0 Å². The smallest absolute Gasteiger partial charge is 0.270 e. The van der Waals surface area contributed by atoms with Crippen LogP contribution in [-0.4, -0.2) is 10.8 Å². The second-order valence-corrected chi connectivity index (χ2v) is 5.34. The summed E-state index contributed by atoms with van der Waals surface area (Å²) >= 11 is 2.12. The Balaban J connectivity index is 2.33. The van der Waals surface area contributed by atoms with Crippen LogP contribution in [0.5, 0.6) is 0 Å². The molecule has 2 aromatic carbocycles. The largest absolute Gasteiger partial charge is 0.323 e. The van der Waals surface area contributed by atoms with Gasteiger partial charge in [0, 0.05) is 21.4 Å². The molecular weight excluding hydrogens is 387 g/mol. The summed E-state index contributed by atoms with van der Waals surface area (Å²) in [4.78, 5) is 22.5. The SMILES string of the molecule is NNc1ccc([N+](=O)[O-])cc1C(=O)Nc1cccc(I)c1. The monoisotopic (exact) mass is 398 g/mol. The molecule has 2 rings (SSSR count). The first-order valence-corrected chi connectivity index (χ1v) is 6.91. The van der Waals surface area contributed by atoms with Gasteiger partial charge in [0.05, 0.1) is 16.2 Å². The Hall–Kier alpha value is -2.20. The summed E-state index contributed by atoms with van der Waals surface area (Å²) in [6.45, 7) is 0. The molecule has 4 N–H and O–H groups in total. The van der Waals surface area contributed by atoms with Crippen LogP contribution in [0.15, 0.2) is 42.5 Å². The molecule has 7 nitrogen and oxygen atoms in total. The molecule has 0 fully saturated rings. The van der Waals surface area contributed by atoms with Gasteiger partial charge in [-0.15, -0.1) is 0 Å². The lowest BCUT2D eigenvalue weighted by Gasteiger charge is -2.10. The minimum Gasteiger partial charge on any atom is -0.323 e. The van der Waals surface area contributed by atoms with E-state index in [9.17, 15) is 14.9 Å². The average molecular weight is 398 g/mol. The lowest BCUT2D eigenvalue weighted by atomic mass is 10.1. The molecule has 0 aliphatic carbocycles. The number of hydrazine groups is 1. The second-order valence-electron chi connectivity index (χ2n) is 4.10. The van der Waals surface area contributed by atoms with Crippen LogP contribution >= 0.6 is 22.6 Å². The van der Waals surface area contributed by atoms with Crippen molar-refractivity contribution in [1.82, 2.24) is 0 Å². The number of anilines is 2. The van der Waals surface area contributed by atoms with Crippen molar-refractivity contribution >= 4 is 45.6 Å². The molecule has 0 unspecified atom stereocenters. The van der Waals surface area contributed by atoms with Crippen LogP contribution in [0, 0.1) is 13.7 Å². The molecule has 8 heteroatoms. The van der Waals surface area contributed by atoms with E-state index in [1.807, 2.05) is 6.07 Å². The standard InChI is InChI=1S/C13H11IN4O3/c14-8-2-1-3-9(6-8)16-13(19)11-7-10(18(20)21)4-5-12(11)17-15/h1-7,17H,15H2,(H,16,19). The number of nitrogens with one attached hydrogen (secondary N) is 2. The Labute approximate surface area is 133 Å². The second kappa shape index (κ2) is 6.50. The van der Waals surface area contributed by atoms with Crippen LogP contribution in [0.3, 0.4) is 0 Å². The van der Waals surface area contributed by atoms with Gasteiger partial charge < -0.3 is 10.7 Å². The molecule has 0 aliphatic heterocycles. The molecule has 0 saturated heterocycles. The molecule has 2 aromatic rings. The minimum atomic E-state index is -0.567. The van der Waals surface area contributed by atoms with E-state index in [0.717, 1.165) is 3.57 Å². The number of amides is 1. The fourth-order valence-electron chi connectivity index (χ4n) is 1.72.